The molecule has 41 heavy (non-hydrogen) atoms. The number of rotatable bonds is 10. The second-order valence-electron chi connectivity index (χ2n) is 10.9. The number of alkyl halides is 3. The first-order valence-corrected chi connectivity index (χ1v) is 13.6. The maximum absolute atomic E-state index is 15.8. The third-order valence-electron chi connectivity index (χ3n) is 7.97. The molecule has 0 saturated carbocycles. The van der Waals surface area contributed by atoms with E-state index < -0.39 is 61.0 Å². The standard InChI is InChI=1S/C29H32F5N3O4/c1-16-9-21-20-4-3-17(28(39)40)10-24(20)35-26(21)27(37(16)14-29(33,34)15-38)25-22(31)11-19(12-23(25)32)41-18-5-8-36(13-18)7-2-6-30/h3-4,10-12,16,18,27,35,38H,2,5-9,13-15H2,1H3,(H,39,40)/t16-,18?,27-/m1/s1. The molecule has 2 aromatic carbocycles. The number of ether oxygens (including phenoxy) is 1. The van der Waals surface area contributed by atoms with Crippen LogP contribution in [-0.4, -0.2) is 88.5 Å². The lowest BCUT2D eigenvalue weighted by Crippen LogP contribution is -2.49. The Morgan fingerprint density at radius 2 is 1.93 bits per heavy atom. The van der Waals surface area contributed by atoms with E-state index >= 15 is 8.78 Å². The molecule has 0 bridgehead atoms. The number of hydrogen-bond donors (Lipinski definition) is 3. The van der Waals surface area contributed by atoms with E-state index in [0.29, 0.717) is 48.9 Å². The van der Waals surface area contributed by atoms with Crippen molar-refractivity contribution in [3.63, 3.8) is 0 Å². The van der Waals surface area contributed by atoms with Crippen LogP contribution >= 0.6 is 0 Å². The third kappa shape index (κ3) is 5.91. The Balaban J connectivity index is 1.54. The van der Waals surface area contributed by atoms with E-state index in [1.165, 1.54) is 17.0 Å². The number of H-pyrrole nitrogens is 1. The zero-order valence-electron chi connectivity index (χ0n) is 22.5. The number of benzene rings is 2. The van der Waals surface area contributed by atoms with Gasteiger partial charge >= 0.3 is 5.97 Å². The second kappa shape index (κ2) is 11.6. The third-order valence-corrected chi connectivity index (χ3v) is 7.97. The molecular weight excluding hydrogens is 549 g/mol. The van der Waals surface area contributed by atoms with E-state index in [9.17, 15) is 28.2 Å². The molecule has 0 radical (unpaired) electrons. The van der Waals surface area contributed by atoms with E-state index in [-0.39, 0.29) is 29.5 Å². The van der Waals surface area contributed by atoms with Gasteiger partial charge in [0.25, 0.3) is 5.92 Å². The number of likely N-dealkylation sites (tertiary alicyclic amines) is 1. The molecule has 2 aliphatic rings. The van der Waals surface area contributed by atoms with Gasteiger partial charge in [0, 0.05) is 60.0 Å². The van der Waals surface area contributed by atoms with Crippen molar-refractivity contribution in [1.29, 1.82) is 0 Å². The fourth-order valence-electron chi connectivity index (χ4n) is 6.03. The van der Waals surface area contributed by atoms with E-state index in [0.717, 1.165) is 12.1 Å². The summed E-state index contributed by atoms with van der Waals surface area (Å²) in [5, 5.41) is 19.3. The van der Waals surface area contributed by atoms with Crippen LogP contribution in [0.25, 0.3) is 10.9 Å². The van der Waals surface area contributed by atoms with Crippen LogP contribution in [0.3, 0.4) is 0 Å². The molecule has 1 aromatic heterocycles. The van der Waals surface area contributed by atoms with Gasteiger partial charge in [0.1, 0.15) is 30.1 Å². The Hall–Kier alpha value is -3.22. The van der Waals surface area contributed by atoms with Gasteiger partial charge in [0.05, 0.1) is 24.8 Å². The van der Waals surface area contributed by atoms with Crippen LogP contribution in [0.2, 0.25) is 0 Å². The number of aromatic amines is 1. The molecule has 222 valence electrons. The van der Waals surface area contributed by atoms with Gasteiger partial charge in [-0.2, -0.15) is 0 Å². The fraction of sp³-hybridized carbons (Fsp3) is 0.483. The first-order valence-electron chi connectivity index (χ1n) is 13.6. The molecule has 0 amide bonds. The minimum absolute atomic E-state index is 0.00148. The van der Waals surface area contributed by atoms with Crippen molar-refractivity contribution in [2.45, 2.75) is 50.3 Å². The lowest BCUT2D eigenvalue weighted by molar-refractivity contribution is -0.0869. The zero-order chi connectivity index (χ0) is 29.5. The number of aromatic carboxylic acids is 1. The van der Waals surface area contributed by atoms with Crippen molar-refractivity contribution < 1.29 is 41.7 Å². The van der Waals surface area contributed by atoms with Gasteiger partial charge in [-0.05, 0) is 43.9 Å². The number of halogens is 5. The van der Waals surface area contributed by atoms with Gasteiger partial charge in [0.2, 0.25) is 0 Å². The molecule has 3 N–H and O–H groups in total. The highest BCUT2D eigenvalue weighted by atomic mass is 19.3. The van der Waals surface area contributed by atoms with Crippen molar-refractivity contribution >= 4 is 16.9 Å². The highest BCUT2D eigenvalue weighted by molar-refractivity contribution is 5.95. The van der Waals surface area contributed by atoms with Crippen LogP contribution in [0.4, 0.5) is 22.0 Å². The summed E-state index contributed by atoms with van der Waals surface area (Å²) in [6.07, 6.45) is 0.921. The number of aromatic nitrogens is 1. The average molecular weight is 582 g/mol. The minimum Gasteiger partial charge on any atom is -0.489 e. The number of carbonyl (C=O) groups is 1. The van der Waals surface area contributed by atoms with Gasteiger partial charge in [0.15, 0.2) is 0 Å². The number of hydrogen-bond acceptors (Lipinski definition) is 5. The summed E-state index contributed by atoms with van der Waals surface area (Å²) in [5.74, 6) is -6.72. The number of nitrogens with one attached hydrogen (secondary N) is 1. The van der Waals surface area contributed by atoms with Crippen LogP contribution in [0.15, 0.2) is 30.3 Å². The SMILES string of the molecule is C[C@@H]1Cc2c([nH]c3cc(C(=O)O)ccc23)[C@@H](c2c(F)cc(OC3CCN(CCCF)C3)cc2F)N1CC(F)(F)CO. The smallest absolute Gasteiger partial charge is 0.335 e. The number of nitrogens with zero attached hydrogens (tertiary/aromatic N) is 2. The summed E-state index contributed by atoms with van der Waals surface area (Å²) in [6, 6.07) is 4.56. The number of fused-ring (bicyclic) bond motifs is 3. The Kier molecular flexibility index (Phi) is 8.27. The lowest BCUT2D eigenvalue weighted by atomic mass is 9.87. The molecule has 1 fully saturated rings. The highest BCUT2D eigenvalue weighted by Gasteiger charge is 2.43. The largest absolute Gasteiger partial charge is 0.489 e. The summed E-state index contributed by atoms with van der Waals surface area (Å²) in [4.78, 5) is 17.8. The lowest BCUT2D eigenvalue weighted by Gasteiger charge is -2.42. The van der Waals surface area contributed by atoms with E-state index in [4.69, 9.17) is 4.74 Å². The molecule has 5 rings (SSSR count). The van der Waals surface area contributed by atoms with E-state index in [2.05, 4.69) is 4.98 Å². The first-order chi connectivity index (χ1) is 19.5. The monoisotopic (exact) mass is 581 g/mol. The van der Waals surface area contributed by atoms with Gasteiger partial charge in [-0.3, -0.25) is 14.2 Å². The summed E-state index contributed by atoms with van der Waals surface area (Å²) < 4.78 is 79.0. The molecule has 3 heterocycles. The van der Waals surface area contributed by atoms with Crippen LogP contribution < -0.4 is 4.74 Å². The minimum atomic E-state index is -3.54. The van der Waals surface area contributed by atoms with Crippen LogP contribution in [0.1, 0.15) is 53.0 Å². The Labute approximate surface area is 233 Å². The van der Waals surface area contributed by atoms with Gasteiger partial charge in [-0.15, -0.1) is 0 Å². The summed E-state index contributed by atoms with van der Waals surface area (Å²) in [5.41, 5.74) is 0.872. The van der Waals surface area contributed by atoms with Crippen LogP contribution in [0.5, 0.6) is 5.75 Å². The molecule has 0 spiro atoms. The number of carboxylic acids is 1. The summed E-state index contributed by atoms with van der Waals surface area (Å²) >= 11 is 0. The average Bonchev–Trinajstić information content (AvgIpc) is 3.52. The maximum Gasteiger partial charge on any atom is 0.335 e. The number of aliphatic hydroxyl groups excluding tert-OH is 1. The number of aliphatic hydroxyl groups is 1. The molecule has 2 aliphatic heterocycles. The van der Waals surface area contributed by atoms with Crippen molar-refractivity contribution in [2.24, 2.45) is 0 Å². The molecule has 12 heteroatoms. The number of carboxylic acid groups (broad SMARTS) is 1. The van der Waals surface area contributed by atoms with Crippen molar-refractivity contribution in [2.75, 3.05) is 39.5 Å². The van der Waals surface area contributed by atoms with Crippen molar-refractivity contribution in [3.8, 4) is 5.75 Å². The quantitative estimate of drug-likeness (QED) is 0.295. The molecule has 3 atom stereocenters. The Morgan fingerprint density at radius 1 is 1.20 bits per heavy atom. The first kappa shape index (κ1) is 29.3. The molecule has 3 aromatic rings. The summed E-state index contributed by atoms with van der Waals surface area (Å²) in [7, 11) is 0. The fourth-order valence-corrected chi connectivity index (χ4v) is 6.03. The van der Waals surface area contributed by atoms with E-state index in [1.807, 2.05) is 4.90 Å². The molecule has 0 aliphatic carbocycles. The highest BCUT2D eigenvalue weighted by Crippen LogP contribution is 2.44. The predicted molar refractivity (Wildman–Crippen MR) is 141 cm³/mol. The molecule has 1 saturated heterocycles. The molecule has 7 nitrogen and oxygen atoms in total. The predicted octanol–water partition coefficient (Wildman–Crippen LogP) is 4.92. The van der Waals surface area contributed by atoms with Gasteiger partial charge in [-0.25, -0.2) is 22.4 Å². The van der Waals surface area contributed by atoms with Gasteiger partial charge < -0.3 is 19.9 Å². The molecule has 1 unspecified atom stereocenters. The maximum atomic E-state index is 15.8. The van der Waals surface area contributed by atoms with Crippen LogP contribution in [-0.2, 0) is 6.42 Å². The van der Waals surface area contributed by atoms with Gasteiger partial charge in [-0.1, -0.05) is 6.07 Å². The van der Waals surface area contributed by atoms with Crippen molar-refractivity contribution in [3.05, 3.63) is 64.4 Å². The Morgan fingerprint density at radius 3 is 2.59 bits per heavy atom. The zero-order valence-corrected chi connectivity index (χ0v) is 22.5. The normalized spacial score (nSPS) is 21.9. The Bertz CT molecular complexity index is 1410. The summed E-state index contributed by atoms with van der Waals surface area (Å²) in [6.45, 7) is 0.563. The topological polar surface area (TPSA) is 89.0 Å². The second-order valence-corrected chi connectivity index (χ2v) is 10.9. The van der Waals surface area contributed by atoms with Crippen LogP contribution in [0, 0.1) is 11.6 Å². The van der Waals surface area contributed by atoms with Crippen molar-refractivity contribution in [1.82, 2.24) is 14.8 Å². The van der Waals surface area contributed by atoms with E-state index in [1.54, 1.807) is 13.0 Å². The molecular formula is C29H32F5N3O4.